The summed E-state index contributed by atoms with van der Waals surface area (Å²) in [7, 11) is 3.46. The molecule has 1 saturated carbocycles. The van der Waals surface area contributed by atoms with Gasteiger partial charge < -0.3 is 9.47 Å². The lowest BCUT2D eigenvalue weighted by Crippen LogP contribution is -2.50. The van der Waals surface area contributed by atoms with Gasteiger partial charge in [0, 0.05) is 32.8 Å². The van der Waals surface area contributed by atoms with Gasteiger partial charge in [0.1, 0.15) is 0 Å². The van der Waals surface area contributed by atoms with Gasteiger partial charge in [0.05, 0.1) is 25.2 Å². The SMILES string of the molecule is COCCN(C(C)COC)C1CC(C)CCC1C#N. The lowest BCUT2D eigenvalue weighted by Gasteiger charge is -2.42. The first kappa shape index (κ1) is 16.4. The molecule has 1 rings (SSSR count). The summed E-state index contributed by atoms with van der Waals surface area (Å²) >= 11 is 0. The molecule has 4 unspecified atom stereocenters. The Balaban J connectivity index is 2.77. The highest BCUT2D eigenvalue weighted by Crippen LogP contribution is 2.32. The number of hydrogen-bond donors (Lipinski definition) is 0. The molecule has 1 aliphatic carbocycles. The molecule has 0 aromatic heterocycles. The molecular weight excluding hydrogens is 240 g/mol. The topological polar surface area (TPSA) is 45.5 Å². The molecule has 0 spiro atoms. The second kappa shape index (κ2) is 8.52. The van der Waals surface area contributed by atoms with E-state index in [1.165, 1.54) is 6.42 Å². The molecule has 0 aromatic carbocycles. The van der Waals surface area contributed by atoms with Crippen LogP contribution in [0.25, 0.3) is 0 Å². The zero-order chi connectivity index (χ0) is 14.3. The molecule has 19 heavy (non-hydrogen) atoms. The fourth-order valence-electron chi connectivity index (χ4n) is 3.11. The second-order valence-corrected chi connectivity index (χ2v) is 5.76. The molecular formula is C15H28N2O2. The third-order valence-corrected chi connectivity index (χ3v) is 4.20. The Kier molecular flexibility index (Phi) is 7.37. The lowest BCUT2D eigenvalue weighted by molar-refractivity contribution is 0.0155. The summed E-state index contributed by atoms with van der Waals surface area (Å²) in [6.45, 7) is 6.74. The van der Waals surface area contributed by atoms with E-state index in [-0.39, 0.29) is 5.92 Å². The molecule has 1 aliphatic rings. The predicted octanol–water partition coefficient (Wildman–Crippen LogP) is 2.30. The monoisotopic (exact) mass is 268 g/mol. The van der Waals surface area contributed by atoms with Crippen LogP contribution < -0.4 is 0 Å². The normalized spacial score (nSPS) is 29.2. The summed E-state index contributed by atoms with van der Waals surface area (Å²) < 4.78 is 10.5. The standard InChI is InChI=1S/C15H28N2O2/c1-12-5-6-14(10-16)15(9-12)17(7-8-18-3)13(2)11-19-4/h12-15H,5-9,11H2,1-4H3. The van der Waals surface area contributed by atoms with Gasteiger partial charge in [-0.1, -0.05) is 6.92 Å². The highest BCUT2D eigenvalue weighted by molar-refractivity contribution is 4.98. The second-order valence-electron chi connectivity index (χ2n) is 5.76. The summed E-state index contributed by atoms with van der Waals surface area (Å²) in [5, 5.41) is 9.39. The van der Waals surface area contributed by atoms with Crippen molar-refractivity contribution in [1.82, 2.24) is 4.90 Å². The van der Waals surface area contributed by atoms with Crippen molar-refractivity contribution >= 4 is 0 Å². The largest absolute Gasteiger partial charge is 0.383 e. The first-order valence-electron chi connectivity index (χ1n) is 7.27. The van der Waals surface area contributed by atoms with Crippen LogP contribution in [0.4, 0.5) is 0 Å². The van der Waals surface area contributed by atoms with E-state index in [1.807, 2.05) is 0 Å². The van der Waals surface area contributed by atoms with Crippen LogP contribution in [0.1, 0.15) is 33.1 Å². The Morgan fingerprint density at radius 2 is 2.05 bits per heavy atom. The Bertz CT molecular complexity index is 290. The number of nitrogens with zero attached hydrogens (tertiary/aromatic N) is 2. The van der Waals surface area contributed by atoms with Gasteiger partial charge >= 0.3 is 0 Å². The Labute approximate surface area is 117 Å². The van der Waals surface area contributed by atoms with E-state index >= 15 is 0 Å². The van der Waals surface area contributed by atoms with E-state index in [0.29, 0.717) is 31.2 Å². The van der Waals surface area contributed by atoms with Gasteiger partial charge in [0.25, 0.3) is 0 Å². The number of rotatable bonds is 7. The molecule has 0 radical (unpaired) electrons. The molecule has 0 saturated heterocycles. The zero-order valence-corrected chi connectivity index (χ0v) is 12.8. The van der Waals surface area contributed by atoms with Crippen molar-refractivity contribution in [2.45, 2.75) is 45.2 Å². The van der Waals surface area contributed by atoms with E-state index in [9.17, 15) is 5.26 Å². The molecule has 4 nitrogen and oxygen atoms in total. The molecule has 0 aromatic rings. The molecule has 0 bridgehead atoms. The van der Waals surface area contributed by atoms with Crippen LogP contribution in [-0.4, -0.2) is 51.0 Å². The van der Waals surface area contributed by atoms with E-state index in [4.69, 9.17) is 9.47 Å². The number of ether oxygens (including phenoxy) is 2. The molecule has 110 valence electrons. The van der Waals surface area contributed by atoms with Crippen molar-refractivity contribution in [2.75, 3.05) is 34.0 Å². The van der Waals surface area contributed by atoms with Gasteiger partial charge in [0.2, 0.25) is 0 Å². The molecule has 4 heteroatoms. The molecule has 1 fully saturated rings. The van der Waals surface area contributed by atoms with Crippen molar-refractivity contribution < 1.29 is 9.47 Å². The average molecular weight is 268 g/mol. The van der Waals surface area contributed by atoms with Crippen molar-refractivity contribution in [2.24, 2.45) is 11.8 Å². The Morgan fingerprint density at radius 3 is 2.63 bits per heavy atom. The first-order valence-corrected chi connectivity index (χ1v) is 7.27. The minimum absolute atomic E-state index is 0.146. The van der Waals surface area contributed by atoms with E-state index in [1.54, 1.807) is 14.2 Å². The van der Waals surface area contributed by atoms with Crippen molar-refractivity contribution in [3.8, 4) is 6.07 Å². The van der Waals surface area contributed by atoms with Gasteiger partial charge in [-0.15, -0.1) is 0 Å². The maximum absolute atomic E-state index is 9.39. The summed E-state index contributed by atoms with van der Waals surface area (Å²) in [4.78, 5) is 2.41. The summed E-state index contributed by atoms with van der Waals surface area (Å²) in [6, 6.07) is 3.17. The highest BCUT2D eigenvalue weighted by atomic mass is 16.5. The van der Waals surface area contributed by atoms with Crippen molar-refractivity contribution in [1.29, 1.82) is 5.26 Å². The van der Waals surface area contributed by atoms with E-state index < -0.39 is 0 Å². The van der Waals surface area contributed by atoms with Gasteiger partial charge in [-0.25, -0.2) is 0 Å². The first-order chi connectivity index (χ1) is 9.13. The number of hydrogen-bond acceptors (Lipinski definition) is 4. The summed E-state index contributed by atoms with van der Waals surface area (Å²) in [5.74, 6) is 0.849. The van der Waals surface area contributed by atoms with Crippen LogP contribution in [0.2, 0.25) is 0 Å². The van der Waals surface area contributed by atoms with Crippen molar-refractivity contribution in [3.63, 3.8) is 0 Å². The van der Waals surface area contributed by atoms with Gasteiger partial charge in [-0.05, 0) is 32.1 Å². The van der Waals surface area contributed by atoms with Crippen LogP contribution in [0.5, 0.6) is 0 Å². The van der Waals surface area contributed by atoms with Gasteiger partial charge in [-0.3, -0.25) is 4.90 Å². The van der Waals surface area contributed by atoms with Crippen LogP contribution in [0.15, 0.2) is 0 Å². The van der Waals surface area contributed by atoms with Gasteiger partial charge in [-0.2, -0.15) is 5.26 Å². The van der Waals surface area contributed by atoms with Gasteiger partial charge in [0.15, 0.2) is 0 Å². The Morgan fingerprint density at radius 1 is 1.32 bits per heavy atom. The van der Waals surface area contributed by atoms with Crippen LogP contribution in [0.3, 0.4) is 0 Å². The molecule has 0 N–H and O–H groups in total. The number of nitriles is 1. The van der Waals surface area contributed by atoms with Crippen LogP contribution in [-0.2, 0) is 9.47 Å². The summed E-state index contributed by atoms with van der Waals surface area (Å²) in [6.07, 6.45) is 3.30. The quantitative estimate of drug-likeness (QED) is 0.711. The van der Waals surface area contributed by atoms with Crippen LogP contribution >= 0.6 is 0 Å². The highest BCUT2D eigenvalue weighted by Gasteiger charge is 2.34. The minimum Gasteiger partial charge on any atom is -0.383 e. The minimum atomic E-state index is 0.146. The molecule has 0 amide bonds. The average Bonchev–Trinajstić information content (AvgIpc) is 2.40. The van der Waals surface area contributed by atoms with E-state index in [2.05, 4.69) is 24.8 Å². The fourth-order valence-corrected chi connectivity index (χ4v) is 3.11. The maximum Gasteiger partial charge on any atom is 0.0672 e. The zero-order valence-electron chi connectivity index (χ0n) is 12.8. The third kappa shape index (κ3) is 4.76. The molecule has 0 aliphatic heterocycles. The third-order valence-electron chi connectivity index (χ3n) is 4.20. The maximum atomic E-state index is 9.39. The lowest BCUT2D eigenvalue weighted by atomic mass is 9.78. The molecule has 4 atom stereocenters. The predicted molar refractivity (Wildman–Crippen MR) is 75.8 cm³/mol. The smallest absolute Gasteiger partial charge is 0.0672 e. The van der Waals surface area contributed by atoms with E-state index in [0.717, 1.165) is 19.4 Å². The Hall–Kier alpha value is -0.630. The molecule has 0 heterocycles. The number of methoxy groups -OCH3 is 2. The summed E-state index contributed by atoms with van der Waals surface area (Å²) in [5.41, 5.74) is 0. The fraction of sp³-hybridized carbons (Fsp3) is 0.933. The van der Waals surface area contributed by atoms with Crippen LogP contribution in [0, 0.1) is 23.2 Å². The van der Waals surface area contributed by atoms with Crippen molar-refractivity contribution in [3.05, 3.63) is 0 Å².